The molecule has 150 valence electrons. The number of thiophene rings is 1. The molecule has 1 saturated heterocycles. The molecule has 3 rings (SSSR count). The Bertz CT molecular complexity index is 798. The highest BCUT2D eigenvalue weighted by molar-refractivity contribution is 7.18. The molecule has 1 amide bonds. The summed E-state index contributed by atoms with van der Waals surface area (Å²) in [5, 5.41) is 3.78. The van der Waals surface area contributed by atoms with E-state index in [4.69, 9.17) is 9.47 Å². The number of morpholine rings is 1. The Labute approximate surface area is 169 Å². The molecule has 7 heteroatoms. The van der Waals surface area contributed by atoms with Crippen LogP contribution < -0.4 is 10.2 Å². The summed E-state index contributed by atoms with van der Waals surface area (Å²) in [4.78, 5) is 27.1. The van der Waals surface area contributed by atoms with E-state index in [1.165, 1.54) is 11.3 Å². The molecule has 0 spiro atoms. The minimum Gasteiger partial charge on any atom is -0.451 e. The van der Waals surface area contributed by atoms with Crippen LogP contribution in [0, 0.1) is 5.92 Å². The fraction of sp³-hybridized carbons (Fsp3) is 0.429. The molecule has 0 bridgehead atoms. The molecular weight excluding hydrogens is 376 g/mol. The average molecular weight is 403 g/mol. The van der Waals surface area contributed by atoms with Crippen molar-refractivity contribution in [1.29, 1.82) is 0 Å². The molecule has 0 aliphatic carbocycles. The Morgan fingerprint density at radius 3 is 2.61 bits per heavy atom. The van der Waals surface area contributed by atoms with E-state index in [0.29, 0.717) is 30.6 Å². The van der Waals surface area contributed by atoms with Crippen LogP contribution in [0.4, 0.5) is 5.00 Å². The van der Waals surface area contributed by atoms with Gasteiger partial charge in [0.15, 0.2) is 6.61 Å². The van der Waals surface area contributed by atoms with Crippen LogP contribution in [0.15, 0.2) is 36.4 Å². The Morgan fingerprint density at radius 2 is 1.93 bits per heavy atom. The van der Waals surface area contributed by atoms with Crippen LogP contribution in [0.25, 0.3) is 11.1 Å². The second-order valence-electron chi connectivity index (χ2n) is 7.07. The fourth-order valence-electron chi connectivity index (χ4n) is 2.88. The molecule has 1 aliphatic heterocycles. The van der Waals surface area contributed by atoms with E-state index in [-0.39, 0.29) is 12.5 Å². The summed E-state index contributed by atoms with van der Waals surface area (Å²) in [6.07, 6.45) is 0. The first-order valence-corrected chi connectivity index (χ1v) is 10.3. The van der Waals surface area contributed by atoms with E-state index >= 15 is 0 Å². The molecule has 2 heterocycles. The molecule has 0 atom stereocenters. The van der Waals surface area contributed by atoms with Gasteiger partial charge in [-0.3, -0.25) is 4.79 Å². The van der Waals surface area contributed by atoms with E-state index in [1.807, 2.05) is 50.2 Å². The van der Waals surface area contributed by atoms with Gasteiger partial charge in [0.05, 0.1) is 18.2 Å². The van der Waals surface area contributed by atoms with Crippen molar-refractivity contribution in [3.8, 4) is 11.1 Å². The van der Waals surface area contributed by atoms with E-state index in [0.717, 1.165) is 29.2 Å². The molecule has 1 aromatic heterocycles. The molecule has 1 aromatic carbocycles. The van der Waals surface area contributed by atoms with Gasteiger partial charge in [-0.15, -0.1) is 11.3 Å². The number of ether oxygens (including phenoxy) is 2. The first-order valence-electron chi connectivity index (χ1n) is 9.50. The highest BCUT2D eigenvalue weighted by Crippen LogP contribution is 2.39. The summed E-state index contributed by atoms with van der Waals surface area (Å²) in [5.41, 5.74) is 2.05. The van der Waals surface area contributed by atoms with Crippen molar-refractivity contribution in [3.63, 3.8) is 0 Å². The van der Waals surface area contributed by atoms with Crippen molar-refractivity contribution in [1.82, 2.24) is 5.32 Å². The highest BCUT2D eigenvalue weighted by Gasteiger charge is 2.23. The molecule has 0 unspecified atom stereocenters. The van der Waals surface area contributed by atoms with Gasteiger partial charge < -0.3 is 19.7 Å². The summed E-state index contributed by atoms with van der Waals surface area (Å²) in [6.45, 7) is 7.22. The highest BCUT2D eigenvalue weighted by atomic mass is 32.1. The van der Waals surface area contributed by atoms with Gasteiger partial charge in [-0.2, -0.15) is 0 Å². The van der Waals surface area contributed by atoms with Gasteiger partial charge in [0.1, 0.15) is 4.88 Å². The van der Waals surface area contributed by atoms with E-state index < -0.39 is 5.97 Å². The standard InChI is InChI=1S/C21H26N2O4S/c1-15(2)13-22-19(24)14-27-21(25)18-12-17(16-6-4-3-5-7-16)20(28-18)23-8-10-26-11-9-23/h3-7,12,15H,8-11,13-14H2,1-2H3,(H,22,24). The maximum atomic E-state index is 12.5. The first kappa shape index (κ1) is 20.4. The van der Waals surface area contributed by atoms with Crippen LogP contribution in [0.3, 0.4) is 0 Å². The second-order valence-corrected chi connectivity index (χ2v) is 8.10. The smallest absolute Gasteiger partial charge is 0.348 e. The molecular formula is C21H26N2O4S. The maximum Gasteiger partial charge on any atom is 0.348 e. The average Bonchev–Trinajstić information content (AvgIpc) is 3.17. The third-order valence-electron chi connectivity index (χ3n) is 4.34. The Hall–Kier alpha value is -2.38. The van der Waals surface area contributed by atoms with Crippen molar-refractivity contribution < 1.29 is 19.1 Å². The van der Waals surface area contributed by atoms with Gasteiger partial charge in [-0.25, -0.2) is 4.79 Å². The van der Waals surface area contributed by atoms with Crippen molar-refractivity contribution in [2.75, 3.05) is 44.4 Å². The molecule has 1 fully saturated rings. The van der Waals surface area contributed by atoms with Crippen LogP contribution in [0.2, 0.25) is 0 Å². The molecule has 2 aromatic rings. The molecule has 28 heavy (non-hydrogen) atoms. The van der Waals surface area contributed by atoms with Gasteiger partial charge >= 0.3 is 5.97 Å². The summed E-state index contributed by atoms with van der Waals surface area (Å²) < 4.78 is 10.7. The number of benzene rings is 1. The summed E-state index contributed by atoms with van der Waals surface area (Å²) in [7, 11) is 0. The lowest BCUT2D eigenvalue weighted by Gasteiger charge is -2.28. The fourth-order valence-corrected chi connectivity index (χ4v) is 4.00. The topological polar surface area (TPSA) is 67.9 Å². The van der Waals surface area contributed by atoms with Crippen LogP contribution in [0.5, 0.6) is 0 Å². The molecule has 0 saturated carbocycles. The van der Waals surface area contributed by atoms with Crippen LogP contribution >= 0.6 is 11.3 Å². The minimum atomic E-state index is -0.471. The van der Waals surface area contributed by atoms with Gasteiger partial charge in [0, 0.05) is 25.2 Å². The summed E-state index contributed by atoms with van der Waals surface area (Å²) in [5.74, 6) is -0.405. The summed E-state index contributed by atoms with van der Waals surface area (Å²) >= 11 is 1.40. The minimum absolute atomic E-state index is 0.267. The molecule has 0 radical (unpaired) electrons. The number of carbonyl (C=O) groups excluding carboxylic acids is 2. The quantitative estimate of drug-likeness (QED) is 0.721. The lowest BCUT2D eigenvalue weighted by molar-refractivity contribution is -0.124. The zero-order valence-corrected chi connectivity index (χ0v) is 17.1. The lowest BCUT2D eigenvalue weighted by atomic mass is 10.1. The monoisotopic (exact) mass is 402 g/mol. The van der Waals surface area contributed by atoms with Crippen LogP contribution in [-0.4, -0.2) is 51.3 Å². The van der Waals surface area contributed by atoms with Crippen LogP contribution in [0.1, 0.15) is 23.5 Å². The van der Waals surface area contributed by atoms with Crippen molar-refractivity contribution in [2.24, 2.45) is 5.92 Å². The van der Waals surface area contributed by atoms with Crippen molar-refractivity contribution >= 4 is 28.2 Å². The number of esters is 1. The number of anilines is 1. The number of hydrogen-bond acceptors (Lipinski definition) is 6. The third kappa shape index (κ3) is 5.33. The van der Waals surface area contributed by atoms with Crippen molar-refractivity contribution in [3.05, 3.63) is 41.3 Å². The van der Waals surface area contributed by atoms with Crippen LogP contribution in [-0.2, 0) is 14.3 Å². The number of carbonyl (C=O) groups is 2. The van der Waals surface area contributed by atoms with E-state index in [2.05, 4.69) is 10.2 Å². The largest absolute Gasteiger partial charge is 0.451 e. The zero-order chi connectivity index (χ0) is 19.9. The molecule has 6 nitrogen and oxygen atoms in total. The van der Waals surface area contributed by atoms with E-state index in [9.17, 15) is 9.59 Å². The number of hydrogen-bond donors (Lipinski definition) is 1. The van der Waals surface area contributed by atoms with E-state index in [1.54, 1.807) is 0 Å². The Morgan fingerprint density at radius 1 is 1.21 bits per heavy atom. The zero-order valence-electron chi connectivity index (χ0n) is 16.3. The molecule has 1 N–H and O–H groups in total. The second kappa shape index (κ2) is 9.71. The first-order chi connectivity index (χ1) is 13.5. The van der Waals surface area contributed by atoms with Crippen molar-refractivity contribution in [2.45, 2.75) is 13.8 Å². The van der Waals surface area contributed by atoms with Gasteiger partial charge in [0.2, 0.25) is 0 Å². The Kier molecular flexibility index (Phi) is 7.06. The predicted molar refractivity (Wildman–Crippen MR) is 111 cm³/mol. The number of amides is 1. The normalized spacial score (nSPS) is 14.2. The van der Waals surface area contributed by atoms with Gasteiger partial charge in [0.25, 0.3) is 5.91 Å². The Balaban J connectivity index is 1.75. The lowest BCUT2D eigenvalue weighted by Crippen LogP contribution is -2.35. The predicted octanol–water partition coefficient (Wildman–Crippen LogP) is 3.18. The number of rotatable bonds is 7. The maximum absolute atomic E-state index is 12.5. The van der Waals surface area contributed by atoms with Gasteiger partial charge in [-0.1, -0.05) is 44.2 Å². The SMILES string of the molecule is CC(C)CNC(=O)COC(=O)c1cc(-c2ccccc2)c(N2CCOCC2)s1. The number of nitrogens with zero attached hydrogens (tertiary/aromatic N) is 1. The number of nitrogens with one attached hydrogen (secondary N) is 1. The molecule has 1 aliphatic rings. The van der Waals surface area contributed by atoms with Gasteiger partial charge in [-0.05, 0) is 17.5 Å². The third-order valence-corrected chi connectivity index (χ3v) is 5.51. The summed E-state index contributed by atoms with van der Waals surface area (Å²) in [6, 6.07) is 11.8.